The number of fused-ring (bicyclic) bond motifs is 1. The molecule has 0 radical (unpaired) electrons. The maximum atomic E-state index is 4.67. The fourth-order valence-electron chi connectivity index (χ4n) is 2.58. The molecule has 0 amide bonds. The van der Waals surface area contributed by atoms with Crippen molar-refractivity contribution in [3.8, 4) is 0 Å². The van der Waals surface area contributed by atoms with Crippen molar-refractivity contribution >= 4 is 5.65 Å². The van der Waals surface area contributed by atoms with E-state index >= 15 is 0 Å². The van der Waals surface area contributed by atoms with Crippen molar-refractivity contribution in [1.29, 1.82) is 0 Å². The normalized spacial score (nSPS) is 11.2. The van der Waals surface area contributed by atoms with Crippen LogP contribution in [0, 0.1) is 13.8 Å². The van der Waals surface area contributed by atoms with Gasteiger partial charge in [-0.1, -0.05) is 36.8 Å². The monoisotopic (exact) mass is 264 g/mol. The van der Waals surface area contributed by atoms with E-state index in [1.807, 2.05) is 0 Å². The number of hydrogen-bond donors (Lipinski definition) is 0. The van der Waals surface area contributed by atoms with Gasteiger partial charge in [-0.3, -0.25) is 0 Å². The highest BCUT2D eigenvalue weighted by Crippen LogP contribution is 2.16. The third-order valence-corrected chi connectivity index (χ3v) is 3.71. The van der Waals surface area contributed by atoms with Gasteiger partial charge in [-0.2, -0.15) is 0 Å². The first-order valence-electron chi connectivity index (χ1n) is 7.19. The molecular weight excluding hydrogens is 244 g/mol. The van der Waals surface area contributed by atoms with E-state index in [0.717, 1.165) is 24.2 Å². The van der Waals surface area contributed by atoms with Crippen LogP contribution >= 0.6 is 0 Å². The second kappa shape index (κ2) is 5.12. The van der Waals surface area contributed by atoms with E-state index in [0.29, 0.717) is 0 Å². The summed E-state index contributed by atoms with van der Waals surface area (Å²) in [6.45, 7) is 6.41. The molecule has 0 aliphatic carbocycles. The Morgan fingerprint density at radius 3 is 2.45 bits per heavy atom. The summed E-state index contributed by atoms with van der Waals surface area (Å²) >= 11 is 0. The highest BCUT2D eigenvalue weighted by atomic mass is 15.0. The van der Waals surface area contributed by atoms with Gasteiger partial charge in [0, 0.05) is 18.3 Å². The Bertz CT molecular complexity index is 736. The third kappa shape index (κ3) is 2.46. The molecule has 2 nitrogen and oxygen atoms in total. The maximum absolute atomic E-state index is 4.67. The molecule has 0 bridgehead atoms. The molecule has 0 unspecified atom stereocenters. The molecule has 0 spiro atoms. The molecule has 0 saturated carbocycles. The lowest BCUT2D eigenvalue weighted by atomic mass is 10.1. The van der Waals surface area contributed by atoms with Gasteiger partial charge in [0.1, 0.15) is 5.65 Å². The van der Waals surface area contributed by atoms with Gasteiger partial charge in [0.2, 0.25) is 0 Å². The molecule has 3 aromatic rings. The van der Waals surface area contributed by atoms with Gasteiger partial charge >= 0.3 is 0 Å². The summed E-state index contributed by atoms with van der Waals surface area (Å²) in [5.41, 5.74) is 7.43. The van der Waals surface area contributed by atoms with Crippen LogP contribution in [-0.2, 0) is 12.8 Å². The van der Waals surface area contributed by atoms with Crippen molar-refractivity contribution < 1.29 is 0 Å². The first-order chi connectivity index (χ1) is 9.65. The highest BCUT2D eigenvalue weighted by molar-refractivity contribution is 5.46. The lowest BCUT2D eigenvalue weighted by Gasteiger charge is -2.07. The molecule has 3 rings (SSSR count). The first-order valence-corrected chi connectivity index (χ1v) is 7.19. The van der Waals surface area contributed by atoms with Crippen LogP contribution in [0.1, 0.15) is 35.0 Å². The Labute approximate surface area is 120 Å². The van der Waals surface area contributed by atoms with Gasteiger partial charge in [-0.25, -0.2) is 4.98 Å². The minimum absolute atomic E-state index is 0.942. The summed E-state index contributed by atoms with van der Waals surface area (Å²) in [6.07, 6.45) is 4.08. The molecule has 0 N–H and O–H groups in total. The van der Waals surface area contributed by atoms with Crippen LogP contribution in [0.15, 0.2) is 42.6 Å². The van der Waals surface area contributed by atoms with Crippen LogP contribution < -0.4 is 0 Å². The zero-order valence-corrected chi connectivity index (χ0v) is 12.4. The van der Waals surface area contributed by atoms with E-state index in [2.05, 4.69) is 72.8 Å². The van der Waals surface area contributed by atoms with E-state index in [1.54, 1.807) is 0 Å². The molecule has 2 heterocycles. The van der Waals surface area contributed by atoms with Gasteiger partial charge in [0.15, 0.2) is 0 Å². The summed E-state index contributed by atoms with van der Waals surface area (Å²) < 4.78 is 2.23. The van der Waals surface area contributed by atoms with Crippen LogP contribution in [0.25, 0.3) is 5.65 Å². The van der Waals surface area contributed by atoms with E-state index in [4.69, 9.17) is 0 Å². The number of imidazole rings is 1. The lowest BCUT2D eigenvalue weighted by Crippen LogP contribution is -1.98. The quantitative estimate of drug-likeness (QED) is 0.696. The van der Waals surface area contributed by atoms with E-state index in [-0.39, 0.29) is 0 Å². The molecule has 0 aliphatic rings. The third-order valence-electron chi connectivity index (χ3n) is 3.71. The molecule has 1 aromatic carbocycles. The lowest BCUT2D eigenvalue weighted by molar-refractivity contribution is 0.995. The zero-order chi connectivity index (χ0) is 14.1. The molecule has 20 heavy (non-hydrogen) atoms. The average Bonchev–Trinajstić information content (AvgIpc) is 2.84. The largest absolute Gasteiger partial charge is 0.303 e. The molecule has 102 valence electrons. The Hall–Kier alpha value is -2.09. The Morgan fingerprint density at radius 2 is 1.75 bits per heavy atom. The minimum atomic E-state index is 0.942. The zero-order valence-electron chi connectivity index (χ0n) is 12.4. The number of nitrogens with zero attached hydrogens (tertiary/aromatic N) is 2. The number of aryl methyl sites for hydroxylation is 3. The highest BCUT2D eigenvalue weighted by Gasteiger charge is 2.06. The smallest absolute Gasteiger partial charge is 0.137 e. The van der Waals surface area contributed by atoms with Crippen molar-refractivity contribution in [1.82, 2.24) is 9.38 Å². The van der Waals surface area contributed by atoms with Crippen molar-refractivity contribution in [3.05, 3.63) is 70.7 Å². The van der Waals surface area contributed by atoms with Crippen LogP contribution in [0.3, 0.4) is 0 Å². The van der Waals surface area contributed by atoms with Gasteiger partial charge < -0.3 is 4.40 Å². The molecule has 0 aliphatic heterocycles. The van der Waals surface area contributed by atoms with E-state index in [9.17, 15) is 0 Å². The predicted molar refractivity (Wildman–Crippen MR) is 83.3 cm³/mol. The van der Waals surface area contributed by atoms with Gasteiger partial charge in [0.05, 0.1) is 5.69 Å². The van der Waals surface area contributed by atoms with Gasteiger partial charge in [0.25, 0.3) is 0 Å². The first kappa shape index (κ1) is 12.9. The van der Waals surface area contributed by atoms with Crippen LogP contribution in [0.5, 0.6) is 0 Å². The average molecular weight is 264 g/mol. The van der Waals surface area contributed by atoms with E-state index in [1.165, 1.54) is 22.4 Å². The SMILES string of the molecule is CCc1cn2c(Cc3ccc(C)cc3)cc(C)cc2n1. The number of hydrogen-bond acceptors (Lipinski definition) is 1. The fraction of sp³-hybridized carbons (Fsp3) is 0.278. The summed E-state index contributed by atoms with van der Waals surface area (Å²) in [5.74, 6) is 0. The Morgan fingerprint density at radius 1 is 1.00 bits per heavy atom. The maximum Gasteiger partial charge on any atom is 0.137 e. The standard InChI is InChI=1S/C18H20N2/c1-4-16-12-20-17(9-14(3)10-18(20)19-16)11-15-7-5-13(2)6-8-15/h5-10,12H,4,11H2,1-3H3. The number of rotatable bonds is 3. The summed E-state index contributed by atoms with van der Waals surface area (Å²) in [7, 11) is 0. The molecule has 0 saturated heterocycles. The second-order valence-electron chi connectivity index (χ2n) is 5.50. The number of pyridine rings is 1. The minimum Gasteiger partial charge on any atom is -0.303 e. The van der Waals surface area contributed by atoms with Crippen molar-refractivity contribution in [2.75, 3.05) is 0 Å². The van der Waals surface area contributed by atoms with Crippen LogP contribution in [0.2, 0.25) is 0 Å². The number of aromatic nitrogens is 2. The molecule has 2 aromatic heterocycles. The summed E-state index contributed by atoms with van der Waals surface area (Å²) in [5, 5.41) is 0. The van der Waals surface area contributed by atoms with Crippen molar-refractivity contribution in [3.63, 3.8) is 0 Å². The number of benzene rings is 1. The van der Waals surface area contributed by atoms with Crippen LogP contribution in [0.4, 0.5) is 0 Å². The summed E-state index contributed by atoms with van der Waals surface area (Å²) in [4.78, 5) is 4.67. The molecular formula is C18H20N2. The van der Waals surface area contributed by atoms with Crippen molar-refractivity contribution in [2.45, 2.75) is 33.6 Å². The van der Waals surface area contributed by atoms with E-state index < -0.39 is 0 Å². The van der Waals surface area contributed by atoms with Gasteiger partial charge in [-0.05, 0) is 43.5 Å². The molecule has 0 atom stereocenters. The fourth-order valence-corrected chi connectivity index (χ4v) is 2.58. The Balaban J connectivity index is 2.05. The van der Waals surface area contributed by atoms with Crippen molar-refractivity contribution in [2.24, 2.45) is 0 Å². The predicted octanol–water partition coefficient (Wildman–Crippen LogP) is 4.10. The molecule has 2 heteroatoms. The van der Waals surface area contributed by atoms with Gasteiger partial charge in [-0.15, -0.1) is 0 Å². The molecule has 0 fully saturated rings. The van der Waals surface area contributed by atoms with Crippen LogP contribution in [-0.4, -0.2) is 9.38 Å². The Kier molecular flexibility index (Phi) is 3.31. The second-order valence-corrected chi connectivity index (χ2v) is 5.50. The topological polar surface area (TPSA) is 17.3 Å². The summed E-state index contributed by atoms with van der Waals surface area (Å²) in [6, 6.07) is 13.2.